The highest BCUT2D eigenvalue weighted by atomic mass is 32.1. The summed E-state index contributed by atoms with van der Waals surface area (Å²) in [6, 6.07) is 0. The fourth-order valence-electron chi connectivity index (χ4n) is 0.966. The number of nitrogens with one attached hydrogen (secondary N) is 1. The molecule has 6 nitrogen and oxygen atoms in total. The number of hydrogen-bond donors (Lipinski definition) is 1. The van der Waals surface area contributed by atoms with Crippen molar-refractivity contribution >= 4 is 16.7 Å². The van der Waals surface area contributed by atoms with Gasteiger partial charge in [0.2, 0.25) is 11.5 Å². The zero-order chi connectivity index (χ0) is 10.7. The summed E-state index contributed by atoms with van der Waals surface area (Å²) in [5.41, 5.74) is 0. The summed E-state index contributed by atoms with van der Waals surface area (Å²) in [5.74, 6) is 1.81. The summed E-state index contributed by atoms with van der Waals surface area (Å²) in [6.45, 7) is 4.62. The van der Waals surface area contributed by atoms with E-state index in [4.69, 9.17) is 0 Å². The van der Waals surface area contributed by atoms with Crippen LogP contribution in [0, 0.1) is 0 Å². The molecule has 0 radical (unpaired) electrons. The quantitative estimate of drug-likeness (QED) is 0.852. The second kappa shape index (κ2) is 4.35. The Hall–Kier alpha value is -1.50. The largest absolute Gasteiger partial charge is 0.353 e. The summed E-state index contributed by atoms with van der Waals surface area (Å²) in [6.07, 6.45) is 1.30. The van der Waals surface area contributed by atoms with Crippen LogP contribution in [0.5, 0.6) is 0 Å². The molecule has 0 saturated carbocycles. The van der Waals surface area contributed by atoms with Crippen molar-refractivity contribution in [2.75, 3.05) is 5.32 Å². The third-order valence-electron chi connectivity index (χ3n) is 1.76. The van der Waals surface area contributed by atoms with Crippen LogP contribution in [-0.2, 0) is 6.54 Å². The molecule has 7 heteroatoms. The van der Waals surface area contributed by atoms with Crippen molar-refractivity contribution in [3.8, 4) is 0 Å². The van der Waals surface area contributed by atoms with Crippen LogP contribution < -0.4 is 5.32 Å². The van der Waals surface area contributed by atoms with Crippen LogP contribution in [0.3, 0.4) is 0 Å². The maximum atomic E-state index is 4.61. The average molecular weight is 225 g/mol. The van der Waals surface area contributed by atoms with Crippen LogP contribution in [0.2, 0.25) is 0 Å². The molecule has 2 rings (SSSR count). The predicted octanol–water partition coefficient (Wildman–Crippen LogP) is 1.66. The number of aromatic nitrogens is 4. The Kier molecular flexibility index (Phi) is 2.91. The van der Waals surface area contributed by atoms with Crippen molar-refractivity contribution in [1.29, 1.82) is 0 Å². The Morgan fingerprint density at radius 3 is 3.00 bits per heavy atom. The maximum absolute atomic E-state index is 4.61. The van der Waals surface area contributed by atoms with Gasteiger partial charge in [-0.15, -0.1) is 0 Å². The first-order chi connectivity index (χ1) is 7.25. The maximum Gasteiger partial charge on any atom is 0.213 e. The third kappa shape index (κ3) is 2.50. The number of hydrogen-bond acceptors (Lipinski definition) is 7. The fourth-order valence-corrected chi connectivity index (χ4v) is 1.67. The highest BCUT2D eigenvalue weighted by Gasteiger charge is 2.07. The first-order valence-corrected chi connectivity index (χ1v) is 5.36. The smallest absolute Gasteiger partial charge is 0.213 e. The van der Waals surface area contributed by atoms with Crippen molar-refractivity contribution in [3.63, 3.8) is 0 Å². The Labute approximate surface area is 90.9 Å². The Morgan fingerprint density at radius 1 is 1.53 bits per heavy atom. The Balaban J connectivity index is 1.94. The molecular weight excluding hydrogens is 214 g/mol. The highest BCUT2D eigenvalue weighted by Crippen LogP contribution is 2.17. The molecule has 15 heavy (non-hydrogen) atoms. The average Bonchev–Trinajstić information content (AvgIpc) is 2.86. The van der Waals surface area contributed by atoms with Crippen molar-refractivity contribution in [3.05, 3.63) is 18.0 Å². The van der Waals surface area contributed by atoms with Crippen LogP contribution in [-0.4, -0.2) is 19.5 Å². The number of anilines is 1. The summed E-state index contributed by atoms with van der Waals surface area (Å²) in [7, 11) is 0. The Morgan fingerprint density at radius 2 is 2.40 bits per heavy atom. The second-order valence-electron chi connectivity index (χ2n) is 3.31. The second-order valence-corrected chi connectivity index (χ2v) is 4.07. The summed E-state index contributed by atoms with van der Waals surface area (Å²) < 4.78 is 8.83. The van der Waals surface area contributed by atoms with Crippen molar-refractivity contribution in [2.24, 2.45) is 0 Å². The van der Waals surface area contributed by atoms with E-state index in [0.29, 0.717) is 18.3 Å². The van der Waals surface area contributed by atoms with Crippen molar-refractivity contribution < 1.29 is 4.52 Å². The van der Waals surface area contributed by atoms with Crippen LogP contribution in [0.4, 0.5) is 5.13 Å². The SMILES string of the molecule is CC(C)c1nsc(NCc2ncon2)n1. The molecule has 80 valence electrons. The molecule has 0 aliphatic rings. The predicted molar refractivity (Wildman–Crippen MR) is 55.6 cm³/mol. The van der Waals surface area contributed by atoms with Crippen LogP contribution in [0.1, 0.15) is 31.4 Å². The molecule has 0 unspecified atom stereocenters. The topological polar surface area (TPSA) is 76.7 Å². The Bertz CT molecular complexity index is 410. The van der Waals surface area contributed by atoms with Crippen molar-refractivity contribution in [1.82, 2.24) is 19.5 Å². The van der Waals surface area contributed by atoms with Gasteiger partial charge in [0.05, 0.1) is 6.54 Å². The standard InChI is InChI=1S/C8H11N5OS/c1-5(2)7-11-8(15-13-7)9-3-6-10-4-14-12-6/h4-5H,3H2,1-2H3,(H,9,11,13). The van der Waals surface area contributed by atoms with E-state index in [-0.39, 0.29) is 0 Å². The van der Waals surface area contributed by atoms with Gasteiger partial charge in [0.25, 0.3) is 0 Å². The fraction of sp³-hybridized carbons (Fsp3) is 0.500. The van der Waals surface area contributed by atoms with E-state index in [2.05, 4.69) is 43.2 Å². The molecule has 0 atom stereocenters. The van der Waals surface area contributed by atoms with Crippen LogP contribution in [0.25, 0.3) is 0 Å². The minimum Gasteiger partial charge on any atom is -0.353 e. The molecular formula is C8H11N5OS. The van der Waals surface area contributed by atoms with Gasteiger partial charge in [-0.1, -0.05) is 19.0 Å². The molecule has 0 aliphatic heterocycles. The lowest BCUT2D eigenvalue weighted by molar-refractivity contribution is 0.411. The molecule has 0 amide bonds. The molecule has 0 bridgehead atoms. The van der Waals surface area contributed by atoms with Gasteiger partial charge < -0.3 is 9.84 Å². The van der Waals surface area contributed by atoms with E-state index in [0.717, 1.165) is 11.0 Å². The van der Waals surface area contributed by atoms with Crippen molar-refractivity contribution in [2.45, 2.75) is 26.3 Å². The lowest BCUT2D eigenvalue weighted by atomic mass is 10.2. The highest BCUT2D eigenvalue weighted by molar-refractivity contribution is 7.09. The van der Waals surface area contributed by atoms with Gasteiger partial charge >= 0.3 is 0 Å². The molecule has 1 N–H and O–H groups in total. The van der Waals surface area contributed by atoms with Gasteiger partial charge in [-0.25, -0.2) is 4.98 Å². The molecule has 2 heterocycles. The van der Waals surface area contributed by atoms with Gasteiger partial charge in [0.1, 0.15) is 5.82 Å². The zero-order valence-corrected chi connectivity index (χ0v) is 9.28. The first-order valence-electron chi connectivity index (χ1n) is 4.58. The lowest BCUT2D eigenvalue weighted by Gasteiger charge is -1.96. The first kappa shape index (κ1) is 10.0. The summed E-state index contributed by atoms with van der Waals surface area (Å²) >= 11 is 1.34. The minimum absolute atomic E-state index is 0.349. The molecule has 0 aromatic carbocycles. The van der Waals surface area contributed by atoms with E-state index < -0.39 is 0 Å². The van der Waals surface area contributed by atoms with Crippen LogP contribution >= 0.6 is 11.5 Å². The van der Waals surface area contributed by atoms with Gasteiger partial charge in [-0.05, 0) is 0 Å². The van der Waals surface area contributed by atoms with Crippen LogP contribution in [0.15, 0.2) is 10.9 Å². The van der Waals surface area contributed by atoms with E-state index in [9.17, 15) is 0 Å². The summed E-state index contributed by atoms with van der Waals surface area (Å²) in [4.78, 5) is 8.21. The van der Waals surface area contributed by atoms with Gasteiger partial charge in [-0.3, -0.25) is 0 Å². The van der Waals surface area contributed by atoms with E-state index in [1.165, 1.54) is 17.9 Å². The van der Waals surface area contributed by atoms with E-state index in [1.54, 1.807) is 0 Å². The molecule has 0 fully saturated rings. The monoisotopic (exact) mass is 225 g/mol. The molecule has 0 saturated heterocycles. The third-order valence-corrected chi connectivity index (χ3v) is 2.45. The lowest BCUT2D eigenvalue weighted by Crippen LogP contribution is -2.01. The minimum atomic E-state index is 0.349. The molecule has 2 aromatic heterocycles. The van der Waals surface area contributed by atoms with Gasteiger partial charge in [-0.2, -0.15) is 9.36 Å². The van der Waals surface area contributed by atoms with Gasteiger partial charge in [0, 0.05) is 17.5 Å². The summed E-state index contributed by atoms with van der Waals surface area (Å²) in [5, 5.41) is 7.54. The normalized spacial score (nSPS) is 10.9. The number of nitrogens with zero attached hydrogens (tertiary/aromatic N) is 4. The molecule has 0 spiro atoms. The van der Waals surface area contributed by atoms with Gasteiger partial charge in [0.15, 0.2) is 5.82 Å². The zero-order valence-electron chi connectivity index (χ0n) is 8.47. The molecule has 0 aliphatic carbocycles. The number of rotatable bonds is 4. The van der Waals surface area contributed by atoms with E-state index in [1.807, 2.05) is 0 Å². The molecule has 2 aromatic rings. The van der Waals surface area contributed by atoms with E-state index >= 15 is 0 Å².